The number of likely N-dealkylation sites (N-methyl/N-ethyl adjacent to an activating group) is 1. The van der Waals surface area contributed by atoms with Crippen LogP contribution in [0.1, 0.15) is 44.1 Å². The zero-order valence-corrected chi connectivity index (χ0v) is 15.7. The highest BCUT2D eigenvalue weighted by Crippen LogP contribution is 2.36. The van der Waals surface area contributed by atoms with Gasteiger partial charge in [0.2, 0.25) is 0 Å². The van der Waals surface area contributed by atoms with Gasteiger partial charge in [0.25, 0.3) is 5.91 Å². The Morgan fingerprint density at radius 2 is 2.08 bits per heavy atom. The molecule has 3 rings (SSSR count). The van der Waals surface area contributed by atoms with E-state index in [9.17, 15) is 4.79 Å². The first-order chi connectivity index (χ1) is 11.9. The second-order valence-electron chi connectivity index (χ2n) is 7.30. The van der Waals surface area contributed by atoms with Crippen LogP contribution in [-0.2, 0) is 4.79 Å². The number of hydrogen-bond donors (Lipinski definition) is 1. The van der Waals surface area contributed by atoms with E-state index in [1.807, 2.05) is 19.1 Å². The average Bonchev–Trinajstić information content (AvgIpc) is 2.81. The lowest BCUT2D eigenvalue weighted by Crippen LogP contribution is -2.47. The fraction of sp³-hybridized carbons (Fsp3) is 0.579. The van der Waals surface area contributed by atoms with Gasteiger partial charge in [-0.15, -0.1) is 0 Å². The summed E-state index contributed by atoms with van der Waals surface area (Å²) in [7, 11) is 1.67. The van der Waals surface area contributed by atoms with Gasteiger partial charge in [-0.2, -0.15) is 0 Å². The molecule has 136 valence electrons. The standard InChI is InChI=1S/C19H26ClN3O2/c1-13-8-9-15(20)16(10-13)25-12-19(11-14-6-4-3-5-7-14)17(24)23(2)18(21)22-19/h8-10,14H,3-7,11-12H2,1-2H3,(H2,21,22). The molecule has 0 spiro atoms. The van der Waals surface area contributed by atoms with Crippen LogP contribution < -0.4 is 10.5 Å². The Labute approximate surface area is 154 Å². The van der Waals surface area contributed by atoms with E-state index in [0.717, 1.165) is 18.4 Å². The number of carbonyl (C=O) groups excluding carboxylic acids is 1. The molecule has 1 unspecified atom stereocenters. The van der Waals surface area contributed by atoms with Gasteiger partial charge < -0.3 is 10.5 Å². The van der Waals surface area contributed by atoms with Crippen LogP contribution in [0.5, 0.6) is 5.75 Å². The molecule has 25 heavy (non-hydrogen) atoms. The molecule has 0 saturated heterocycles. The van der Waals surface area contributed by atoms with Gasteiger partial charge in [0.1, 0.15) is 12.4 Å². The molecule has 1 amide bonds. The van der Waals surface area contributed by atoms with Crippen molar-refractivity contribution in [2.45, 2.75) is 51.0 Å². The molecule has 1 aromatic rings. The first-order valence-corrected chi connectivity index (χ1v) is 9.31. The van der Waals surface area contributed by atoms with E-state index in [-0.39, 0.29) is 18.5 Å². The third-order valence-corrected chi connectivity index (χ3v) is 5.59. The number of halogens is 1. The van der Waals surface area contributed by atoms with Crippen LogP contribution in [0.3, 0.4) is 0 Å². The van der Waals surface area contributed by atoms with Crippen LogP contribution >= 0.6 is 11.6 Å². The van der Waals surface area contributed by atoms with Gasteiger partial charge in [-0.1, -0.05) is 49.8 Å². The molecule has 5 nitrogen and oxygen atoms in total. The van der Waals surface area contributed by atoms with Gasteiger partial charge in [0.15, 0.2) is 11.5 Å². The zero-order valence-electron chi connectivity index (χ0n) is 14.9. The molecule has 2 N–H and O–H groups in total. The molecule has 0 bridgehead atoms. The minimum atomic E-state index is -0.937. The Hall–Kier alpha value is -1.75. The maximum Gasteiger partial charge on any atom is 0.260 e. The van der Waals surface area contributed by atoms with Gasteiger partial charge in [-0.05, 0) is 37.0 Å². The number of rotatable bonds is 5. The number of ether oxygens (including phenoxy) is 1. The molecular weight excluding hydrogens is 338 g/mol. The second kappa shape index (κ2) is 7.24. The second-order valence-corrected chi connectivity index (χ2v) is 7.70. The minimum absolute atomic E-state index is 0.0839. The summed E-state index contributed by atoms with van der Waals surface area (Å²) in [5.41, 5.74) is 6.06. The summed E-state index contributed by atoms with van der Waals surface area (Å²) < 4.78 is 5.97. The quantitative estimate of drug-likeness (QED) is 0.870. The monoisotopic (exact) mass is 363 g/mol. The van der Waals surface area contributed by atoms with Crippen molar-refractivity contribution in [3.8, 4) is 5.75 Å². The maximum atomic E-state index is 12.9. The minimum Gasteiger partial charge on any atom is -0.489 e. The van der Waals surface area contributed by atoms with Crippen LogP contribution in [0.2, 0.25) is 5.02 Å². The smallest absolute Gasteiger partial charge is 0.260 e. The Morgan fingerprint density at radius 1 is 1.36 bits per heavy atom. The van der Waals surface area contributed by atoms with E-state index in [0.29, 0.717) is 23.1 Å². The van der Waals surface area contributed by atoms with Crippen molar-refractivity contribution in [1.82, 2.24) is 4.90 Å². The number of aliphatic imine (C=N–C) groups is 1. The number of nitrogens with zero attached hydrogens (tertiary/aromatic N) is 2. The Kier molecular flexibility index (Phi) is 5.23. The zero-order chi connectivity index (χ0) is 18.0. The van der Waals surface area contributed by atoms with Crippen molar-refractivity contribution in [1.29, 1.82) is 0 Å². The summed E-state index contributed by atoms with van der Waals surface area (Å²) >= 11 is 6.23. The first-order valence-electron chi connectivity index (χ1n) is 8.94. The summed E-state index contributed by atoms with van der Waals surface area (Å²) in [6.07, 6.45) is 6.67. The Bertz CT molecular complexity index is 685. The van der Waals surface area contributed by atoms with E-state index in [2.05, 4.69) is 4.99 Å². The van der Waals surface area contributed by atoms with Crippen molar-refractivity contribution < 1.29 is 9.53 Å². The molecule has 1 saturated carbocycles. The van der Waals surface area contributed by atoms with E-state index >= 15 is 0 Å². The fourth-order valence-electron chi connectivity index (χ4n) is 3.83. The number of carbonyl (C=O) groups is 1. The van der Waals surface area contributed by atoms with Gasteiger partial charge in [0, 0.05) is 7.05 Å². The molecule has 0 aromatic heterocycles. The normalized spacial score (nSPS) is 24.5. The van der Waals surface area contributed by atoms with Crippen LogP contribution in [0.4, 0.5) is 0 Å². The molecule has 1 aliphatic carbocycles. The predicted molar refractivity (Wildman–Crippen MR) is 100.0 cm³/mol. The summed E-state index contributed by atoms with van der Waals surface area (Å²) in [5.74, 6) is 1.25. The topological polar surface area (TPSA) is 67.9 Å². The lowest BCUT2D eigenvalue weighted by atomic mass is 9.79. The third kappa shape index (κ3) is 3.76. The van der Waals surface area contributed by atoms with E-state index in [4.69, 9.17) is 22.1 Å². The molecule has 1 aromatic carbocycles. The van der Waals surface area contributed by atoms with E-state index in [1.165, 1.54) is 24.2 Å². The van der Waals surface area contributed by atoms with Crippen molar-refractivity contribution in [3.05, 3.63) is 28.8 Å². The molecule has 1 fully saturated rings. The molecule has 1 aliphatic heterocycles. The average molecular weight is 364 g/mol. The van der Waals surface area contributed by atoms with Gasteiger partial charge in [-0.3, -0.25) is 9.69 Å². The van der Waals surface area contributed by atoms with Crippen molar-refractivity contribution in [3.63, 3.8) is 0 Å². The number of guanidine groups is 1. The van der Waals surface area contributed by atoms with E-state index in [1.54, 1.807) is 13.1 Å². The summed E-state index contributed by atoms with van der Waals surface area (Å²) in [4.78, 5) is 18.9. The van der Waals surface area contributed by atoms with Crippen LogP contribution in [-0.4, -0.2) is 36.0 Å². The summed E-state index contributed by atoms with van der Waals surface area (Å²) in [6.45, 7) is 2.14. The lowest BCUT2D eigenvalue weighted by Gasteiger charge is -2.31. The predicted octanol–water partition coefficient (Wildman–Crippen LogP) is 3.52. The SMILES string of the molecule is Cc1ccc(Cl)c(OCC2(CC3CCCCC3)N=C(N)N(C)C2=O)c1. The lowest BCUT2D eigenvalue weighted by molar-refractivity contribution is -0.132. The van der Waals surface area contributed by atoms with Gasteiger partial charge in [0.05, 0.1) is 5.02 Å². The molecule has 1 atom stereocenters. The third-order valence-electron chi connectivity index (χ3n) is 5.28. The van der Waals surface area contributed by atoms with E-state index < -0.39 is 5.54 Å². The number of amides is 1. The molecule has 1 heterocycles. The van der Waals surface area contributed by atoms with Crippen LogP contribution in [0, 0.1) is 12.8 Å². The maximum absolute atomic E-state index is 12.9. The number of aryl methyl sites for hydroxylation is 1. The highest BCUT2D eigenvalue weighted by atomic mass is 35.5. The molecular formula is C19H26ClN3O2. The van der Waals surface area contributed by atoms with Gasteiger partial charge in [-0.25, -0.2) is 4.99 Å². The largest absolute Gasteiger partial charge is 0.489 e. The number of benzene rings is 1. The van der Waals surface area contributed by atoms with Crippen molar-refractivity contribution in [2.75, 3.05) is 13.7 Å². The highest BCUT2D eigenvalue weighted by Gasteiger charge is 2.48. The number of hydrogen-bond acceptors (Lipinski definition) is 4. The molecule has 2 aliphatic rings. The summed E-state index contributed by atoms with van der Waals surface area (Å²) in [6, 6.07) is 5.62. The fourth-order valence-corrected chi connectivity index (χ4v) is 4.00. The Balaban J connectivity index is 1.81. The molecule has 6 heteroatoms. The Morgan fingerprint density at radius 3 is 2.72 bits per heavy atom. The van der Waals surface area contributed by atoms with Crippen molar-refractivity contribution in [2.24, 2.45) is 16.6 Å². The molecule has 0 radical (unpaired) electrons. The number of nitrogens with two attached hydrogens (primary N) is 1. The van der Waals surface area contributed by atoms with Gasteiger partial charge >= 0.3 is 0 Å². The summed E-state index contributed by atoms with van der Waals surface area (Å²) in [5, 5.41) is 0.536. The first kappa shape index (κ1) is 18.1. The van der Waals surface area contributed by atoms with Crippen LogP contribution in [0.25, 0.3) is 0 Å². The highest BCUT2D eigenvalue weighted by molar-refractivity contribution is 6.32. The van der Waals surface area contributed by atoms with Crippen LogP contribution in [0.15, 0.2) is 23.2 Å². The van der Waals surface area contributed by atoms with Crippen molar-refractivity contribution >= 4 is 23.5 Å².